The highest BCUT2D eigenvalue weighted by atomic mass is 16.6. The van der Waals surface area contributed by atoms with Crippen LogP contribution in [0.4, 0.5) is 4.79 Å². The molecule has 5 nitrogen and oxygen atoms in total. The maximum absolute atomic E-state index is 11.9. The van der Waals surface area contributed by atoms with E-state index < -0.39 is 17.7 Å². The Morgan fingerprint density at radius 2 is 2.05 bits per heavy atom. The molecule has 1 atom stereocenters. The van der Waals surface area contributed by atoms with Gasteiger partial charge in [0.25, 0.3) is 0 Å². The average Bonchev–Trinajstić information content (AvgIpc) is 2.76. The number of para-hydroxylation sites is 1. The van der Waals surface area contributed by atoms with Crippen molar-refractivity contribution < 1.29 is 14.3 Å². The number of alkyl carbamates (subject to hydrolysis) is 1. The summed E-state index contributed by atoms with van der Waals surface area (Å²) in [6.45, 7) is 5.33. The molecule has 0 aliphatic rings. The van der Waals surface area contributed by atoms with Gasteiger partial charge in [0, 0.05) is 18.8 Å². The Kier molecular flexibility index (Phi) is 4.02. The van der Waals surface area contributed by atoms with Crippen LogP contribution in [0, 0.1) is 0 Å². The van der Waals surface area contributed by atoms with Gasteiger partial charge in [0.2, 0.25) is 0 Å². The molecular weight excluding hydrogens is 268 g/mol. The van der Waals surface area contributed by atoms with Crippen molar-refractivity contribution in [3.8, 4) is 0 Å². The van der Waals surface area contributed by atoms with Crippen molar-refractivity contribution in [3.63, 3.8) is 0 Å². The molecule has 1 aromatic heterocycles. The molecule has 0 fully saturated rings. The van der Waals surface area contributed by atoms with Gasteiger partial charge in [-0.3, -0.25) is 0 Å². The van der Waals surface area contributed by atoms with Gasteiger partial charge in [-0.05, 0) is 32.2 Å². The average molecular weight is 288 g/mol. The Labute approximate surface area is 123 Å². The SMILES string of the molecule is Cn1ccc2cccc(C(C=O)NC(=O)OC(C)(C)C)c21. The Morgan fingerprint density at radius 1 is 1.33 bits per heavy atom. The minimum absolute atomic E-state index is 0.603. The zero-order valence-electron chi connectivity index (χ0n) is 12.7. The first-order chi connectivity index (χ1) is 9.81. The molecule has 1 heterocycles. The minimum atomic E-state index is -0.739. The van der Waals surface area contributed by atoms with E-state index in [1.165, 1.54) is 0 Å². The van der Waals surface area contributed by atoms with Gasteiger partial charge in [0.05, 0.1) is 5.52 Å². The second-order valence-corrected chi connectivity index (χ2v) is 5.97. The van der Waals surface area contributed by atoms with Crippen molar-refractivity contribution in [2.45, 2.75) is 32.4 Å². The van der Waals surface area contributed by atoms with Gasteiger partial charge in [-0.15, -0.1) is 0 Å². The molecule has 0 aliphatic heterocycles. The van der Waals surface area contributed by atoms with E-state index in [9.17, 15) is 9.59 Å². The molecule has 2 rings (SSSR count). The smallest absolute Gasteiger partial charge is 0.408 e. The third kappa shape index (κ3) is 3.42. The number of fused-ring (bicyclic) bond motifs is 1. The Bertz CT molecular complexity index is 668. The molecule has 1 aromatic carbocycles. The number of aromatic nitrogens is 1. The van der Waals surface area contributed by atoms with E-state index in [1.54, 1.807) is 20.8 Å². The lowest BCUT2D eigenvalue weighted by Gasteiger charge is -2.22. The van der Waals surface area contributed by atoms with E-state index in [2.05, 4.69) is 5.32 Å². The molecule has 21 heavy (non-hydrogen) atoms. The standard InChI is InChI=1S/C16H20N2O3/c1-16(2,3)21-15(20)17-13(10-19)12-7-5-6-11-8-9-18(4)14(11)12/h5-10,13H,1-4H3,(H,17,20). The molecule has 1 unspecified atom stereocenters. The van der Waals surface area contributed by atoms with Gasteiger partial charge in [0.1, 0.15) is 17.9 Å². The molecule has 2 aromatic rings. The van der Waals surface area contributed by atoms with Gasteiger partial charge >= 0.3 is 6.09 Å². The number of aryl methyl sites for hydroxylation is 1. The second kappa shape index (κ2) is 5.60. The van der Waals surface area contributed by atoms with Crippen molar-refractivity contribution in [2.75, 3.05) is 0 Å². The number of carbonyl (C=O) groups excluding carboxylic acids is 2. The summed E-state index contributed by atoms with van der Waals surface area (Å²) in [7, 11) is 1.90. The lowest BCUT2D eigenvalue weighted by Crippen LogP contribution is -2.35. The van der Waals surface area contributed by atoms with Crippen molar-refractivity contribution in [1.29, 1.82) is 0 Å². The lowest BCUT2D eigenvalue weighted by atomic mass is 10.1. The molecule has 1 amide bonds. The van der Waals surface area contributed by atoms with E-state index in [4.69, 9.17) is 4.74 Å². The van der Waals surface area contributed by atoms with Crippen LogP contribution in [0.15, 0.2) is 30.5 Å². The van der Waals surface area contributed by atoms with Crippen LogP contribution in [0.3, 0.4) is 0 Å². The fourth-order valence-electron chi connectivity index (χ4n) is 2.26. The summed E-state index contributed by atoms with van der Waals surface area (Å²) in [6.07, 6.45) is 2.03. The second-order valence-electron chi connectivity index (χ2n) is 5.97. The van der Waals surface area contributed by atoms with Crippen molar-refractivity contribution >= 4 is 23.3 Å². The fourth-order valence-corrected chi connectivity index (χ4v) is 2.26. The summed E-state index contributed by atoms with van der Waals surface area (Å²) in [6, 6.07) is 6.89. The van der Waals surface area contributed by atoms with Crippen LogP contribution in [0.25, 0.3) is 10.9 Å². The maximum Gasteiger partial charge on any atom is 0.408 e. The van der Waals surface area contributed by atoms with E-state index in [1.807, 2.05) is 42.1 Å². The molecule has 5 heteroatoms. The number of ether oxygens (including phenoxy) is 1. The van der Waals surface area contributed by atoms with Crippen molar-refractivity contribution in [1.82, 2.24) is 9.88 Å². The van der Waals surface area contributed by atoms with Crippen molar-refractivity contribution in [2.24, 2.45) is 7.05 Å². The summed E-state index contributed by atoms with van der Waals surface area (Å²) in [5.41, 5.74) is 1.07. The van der Waals surface area contributed by atoms with Crippen LogP contribution < -0.4 is 5.32 Å². The highest BCUT2D eigenvalue weighted by Gasteiger charge is 2.22. The monoisotopic (exact) mass is 288 g/mol. The Hall–Kier alpha value is -2.30. The van der Waals surface area contributed by atoms with Crippen LogP contribution in [-0.2, 0) is 16.6 Å². The first-order valence-electron chi connectivity index (χ1n) is 6.80. The number of carbonyl (C=O) groups is 2. The largest absolute Gasteiger partial charge is 0.444 e. The third-order valence-corrected chi connectivity index (χ3v) is 3.07. The number of nitrogens with zero attached hydrogens (tertiary/aromatic N) is 1. The topological polar surface area (TPSA) is 60.3 Å². The number of rotatable bonds is 3. The summed E-state index contributed by atoms with van der Waals surface area (Å²) in [4.78, 5) is 23.3. The zero-order valence-corrected chi connectivity index (χ0v) is 12.7. The Morgan fingerprint density at radius 3 is 2.67 bits per heavy atom. The van der Waals surface area contributed by atoms with Crippen LogP contribution in [0.1, 0.15) is 32.4 Å². The summed E-state index contributed by atoms with van der Waals surface area (Å²) in [5.74, 6) is 0. The third-order valence-electron chi connectivity index (χ3n) is 3.07. The summed E-state index contributed by atoms with van der Waals surface area (Å²) < 4.78 is 7.13. The van der Waals surface area contributed by atoms with Gasteiger partial charge in [-0.25, -0.2) is 4.79 Å². The molecule has 0 bridgehead atoms. The lowest BCUT2D eigenvalue weighted by molar-refractivity contribution is -0.109. The zero-order chi connectivity index (χ0) is 15.6. The first kappa shape index (κ1) is 15.1. The number of amides is 1. The van der Waals surface area contributed by atoms with Gasteiger partial charge < -0.3 is 19.4 Å². The molecule has 1 N–H and O–H groups in total. The quantitative estimate of drug-likeness (QED) is 0.883. The number of hydrogen-bond donors (Lipinski definition) is 1. The minimum Gasteiger partial charge on any atom is -0.444 e. The molecule has 0 spiro atoms. The number of benzene rings is 1. The highest BCUT2D eigenvalue weighted by molar-refractivity contribution is 5.87. The van der Waals surface area contributed by atoms with Crippen LogP contribution in [-0.4, -0.2) is 22.5 Å². The summed E-state index contributed by atoms with van der Waals surface area (Å²) >= 11 is 0. The molecule has 112 valence electrons. The van der Waals surface area contributed by atoms with E-state index in [0.717, 1.165) is 16.5 Å². The fraction of sp³-hybridized carbons (Fsp3) is 0.375. The van der Waals surface area contributed by atoms with E-state index in [0.29, 0.717) is 6.29 Å². The van der Waals surface area contributed by atoms with Crippen LogP contribution in [0.5, 0.6) is 0 Å². The van der Waals surface area contributed by atoms with E-state index >= 15 is 0 Å². The Balaban J connectivity index is 2.30. The normalized spacial score (nSPS) is 13.0. The van der Waals surface area contributed by atoms with Crippen LogP contribution in [0.2, 0.25) is 0 Å². The predicted octanol–water partition coefficient (Wildman–Crippen LogP) is 2.94. The predicted molar refractivity (Wildman–Crippen MR) is 81.1 cm³/mol. The van der Waals surface area contributed by atoms with Crippen molar-refractivity contribution in [3.05, 3.63) is 36.0 Å². The first-order valence-corrected chi connectivity index (χ1v) is 6.80. The number of nitrogens with one attached hydrogen (secondary N) is 1. The van der Waals surface area contributed by atoms with Crippen LogP contribution >= 0.6 is 0 Å². The maximum atomic E-state index is 11.9. The number of aldehydes is 1. The van der Waals surface area contributed by atoms with Gasteiger partial charge in [0.15, 0.2) is 0 Å². The number of hydrogen-bond acceptors (Lipinski definition) is 3. The summed E-state index contributed by atoms with van der Waals surface area (Å²) in [5, 5.41) is 3.63. The van der Waals surface area contributed by atoms with Gasteiger partial charge in [-0.1, -0.05) is 18.2 Å². The van der Waals surface area contributed by atoms with E-state index in [-0.39, 0.29) is 0 Å². The van der Waals surface area contributed by atoms with Gasteiger partial charge in [-0.2, -0.15) is 0 Å². The molecule has 0 saturated heterocycles. The molecular formula is C16H20N2O3. The molecule has 0 saturated carbocycles. The molecule has 0 radical (unpaired) electrons. The highest BCUT2D eigenvalue weighted by Crippen LogP contribution is 2.24. The molecule has 0 aliphatic carbocycles.